The SMILES string of the molecule is COc1c(C(=O)/C=C/c2ccc3cc4ccccc4cc3c2)c(O)c(OC)c2occc12. The Morgan fingerprint density at radius 3 is 2.28 bits per heavy atom. The van der Waals surface area contributed by atoms with E-state index < -0.39 is 5.78 Å². The number of carbonyl (C=O) groups is 1. The van der Waals surface area contributed by atoms with Crippen LogP contribution in [0, 0.1) is 0 Å². The zero-order valence-electron chi connectivity index (χ0n) is 17.6. The first-order chi connectivity index (χ1) is 15.6. The number of phenolic OH excluding ortho intramolecular Hbond substituents is 1. The lowest BCUT2D eigenvalue weighted by Crippen LogP contribution is -2.02. The molecule has 1 N–H and O–H groups in total. The first kappa shape index (κ1) is 19.7. The highest BCUT2D eigenvalue weighted by molar-refractivity contribution is 6.15. The van der Waals surface area contributed by atoms with Gasteiger partial charge in [0.05, 0.1) is 25.9 Å². The normalized spacial score (nSPS) is 11.6. The summed E-state index contributed by atoms with van der Waals surface area (Å²) in [6, 6.07) is 20.2. The topological polar surface area (TPSA) is 68.9 Å². The van der Waals surface area contributed by atoms with Gasteiger partial charge in [-0.1, -0.05) is 42.5 Å². The predicted octanol–water partition coefficient (Wildman–Crippen LogP) is 6.36. The molecular weight excluding hydrogens is 404 g/mol. The van der Waals surface area contributed by atoms with Crippen LogP contribution in [0.2, 0.25) is 0 Å². The minimum absolute atomic E-state index is 0.0290. The molecule has 32 heavy (non-hydrogen) atoms. The van der Waals surface area contributed by atoms with E-state index in [2.05, 4.69) is 24.3 Å². The average molecular weight is 424 g/mol. The first-order valence-electron chi connectivity index (χ1n) is 10.1. The zero-order chi connectivity index (χ0) is 22.2. The number of fused-ring (bicyclic) bond motifs is 3. The monoisotopic (exact) mass is 424 g/mol. The molecule has 0 radical (unpaired) electrons. The lowest BCUT2D eigenvalue weighted by atomic mass is 10.0. The van der Waals surface area contributed by atoms with Crippen molar-refractivity contribution in [2.45, 2.75) is 0 Å². The third-order valence-corrected chi connectivity index (χ3v) is 5.61. The van der Waals surface area contributed by atoms with E-state index in [-0.39, 0.29) is 22.8 Å². The molecule has 5 nitrogen and oxygen atoms in total. The molecule has 0 fully saturated rings. The van der Waals surface area contributed by atoms with E-state index >= 15 is 0 Å². The summed E-state index contributed by atoms with van der Waals surface area (Å²) in [5, 5.41) is 15.8. The Hall–Kier alpha value is -4.25. The van der Waals surface area contributed by atoms with Gasteiger partial charge >= 0.3 is 0 Å². The highest BCUT2D eigenvalue weighted by atomic mass is 16.5. The van der Waals surface area contributed by atoms with Crippen molar-refractivity contribution < 1.29 is 23.8 Å². The molecule has 0 unspecified atom stereocenters. The summed E-state index contributed by atoms with van der Waals surface area (Å²) in [4.78, 5) is 13.1. The van der Waals surface area contributed by atoms with Gasteiger partial charge in [-0.25, -0.2) is 0 Å². The molecule has 0 atom stereocenters. The Morgan fingerprint density at radius 1 is 0.875 bits per heavy atom. The quantitative estimate of drug-likeness (QED) is 0.202. The van der Waals surface area contributed by atoms with Gasteiger partial charge in [0.1, 0.15) is 11.3 Å². The summed E-state index contributed by atoms with van der Waals surface area (Å²) in [6.07, 6.45) is 4.60. The van der Waals surface area contributed by atoms with Crippen molar-refractivity contribution in [2.24, 2.45) is 0 Å². The Balaban J connectivity index is 1.55. The molecule has 0 amide bonds. The summed E-state index contributed by atoms with van der Waals surface area (Å²) in [5.74, 6) is -0.377. The maximum absolute atomic E-state index is 13.1. The van der Waals surface area contributed by atoms with Crippen molar-refractivity contribution in [3.05, 3.63) is 84.1 Å². The largest absolute Gasteiger partial charge is 0.504 e. The van der Waals surface area contributed by atoms with E-state index in [1.165, 1.54) is 31.9 Å². The van der Waals surface area contributed by atoms with Crippen molar-refractivity contribution in [3.63, 3.8) is 0 Å². The van der Waals surface area contributed by atoms with Crippen molar-refractivity contribution in [3.8, 4) is 17.2 Å². The van der Waals surface area contributed by atoms with Gasteiger partial charge in [-0.3, -0.25) is 4.79 Å². The number of allylic oxidation sites excluding steroid dienone is 1. The van der Waals surface area contributed by atoms with Gasteiger partial charge in [-0.15, -0.1) is 0 Å². The minimum Gasteiger partial charge on any atom is -0.504 e. The number of ketones is 1. The molecule has 0 saturated carbocycles. The summed E-state index contributed by atoms with van der Waals surface area (Å²) in [5.41, 5.74) is 1.22. The number of hydrogen-bond acceptors (Lipinski definition) is 5. The summed E-state index contributed by atoms with van der Waals surface area (Å²) < 4.78 is 16.1. The first-order valence-corrected chi connectivity index (χ1v) is 10.1. The van der Waals surface area contributed by atoms with E-state index in [1.807, 2.05) is 30.3 Å². The van der Waals surface area contributed by atoms with Crippen LogP contribution in [-0.4, -0.2) is 25.1 Å². The van der Waals surface area contributed by atoms with Crippen LogP contribution in [0.3, 0.4) is 0 Å². The Labute approximate surface area is 184 Å². The molecule has 0 saturated heterocycles. The number of carbonyl (C=O) groups excluding carboxylic acids is 1. The van der Waals surface area contributed by atoms with Gasteiger partial charge in [-0.2, -0.15) is 0 Å². The number of ether oxygens (including phenoxy) is 2. The lowest BCUT2D eigenvalue weighted by Gasteiger charge is -2.13. The average Bonchev–Trinajstić information content (AvgIpc) is 3.29. The second-order valence-corrected chi connectivity index (χ2v) is 7.46. The Bertz CT molecular complexity index is 1520. The fourth-order valence-corrected chi connectivity index (χ4v) is 4.07. The summed E-state index contributed by atoms with van der Waals surface area (Å²) >= 11 is 0. The Morgan fingerprint density at radius 2 is 1.56 bits per heavy atom. The van der Waals surface area contributed by atoms with Gasteiger partial charge in [-0.05, 0) is 57.4 Å². The molecule has 5 rings (SSSR count). The smallest absolute Gasteiger partial charge is 0.205 e. The van der Waals surface area contributed by atoms with E-state index in [0.717, 1.165) is 21.7 Å². The minimum atomic E-state index is -0.403. The van der Waals surface area contributed by atoms with Crippen molar-refractivity contribution in [1.29, 1.82) is 0 Å². The third kappa shape index (κ3) is 3.15. The molecule has 1 heterocycles. The van der Waals surface area contributed by atoms with E-state index in [4.69, 9.17) is 13.9 Å². The second-order valence-electron chi connectivity index (χ2n) is 7.46. The molecule has 0 aliphatic rings. The van der Waals surface area contributed by atoms with Crippen molar-refractivity contribution in [1.82, 2.24) is 0 Å². The van der Waals surface area contributed by atoms with Gasteiger partial charge in [0.2, 0.25) is 5.75 Å². The van der Waals surface area contributed by atoms with Gasteiger partial charge < -0.3 is 19.0 Å². The maximum Gasteiger partial charge on any atom is 0.205 e. The fraction of sp³-hybridized carbons (Fsp3) is 0.0741. The number of rotatable bonds is 5. The van der Waals surface area contributed by atoms with E-state index in [1.54, 1.807) is 12.1 Å². The van der Waals surface area contributed by atoms with Gasteiger partial charge in [0.25, 0.3) is 0 Å². The van der Waals surface area contributed by atoms with Crippen molar-refractivity contribution >= 4 is 44.4 Å². The van der Waals surface area contributed by atoms with Crippen LogP contribution < -0.4 is 9.47 Å². The summed E-state index contributed by atoms with van der Waals surface area (Å²) in [7, 11) is 2.86. The third-order valence-electron chi connectivity index (χ3n) is 5.61. The lowest BCUT2D eigenvalue weighted by molar-refractivity contribution is 0.104. The predicted molar refractivity (Wildman–Crippen MR) is 126 cm³/mol. The molecule has 4 aromatic carbocycles. The maximum atomic E-state index is 13.1. The number of aromatic hydroxyl groups is 1. The number of phenols is 1. The number of furan rings is 1. The molecule has 158 valence electrons. The van der Waals surface area contributed by atoms with Crippen LogP contribution >= 0.6 is 0 Å². The molecule has 5 aromatic rings. The molecule has 0 spiro atoms. The van der Waals surface area contributed by atoms with E-state index in [0.29, 0.717) is 11.0 Å². The number of methoxy groups -OCH3 is 2. The molecule has 1 aromatic heterocycles. The van der Waals surface area contributed by atoms with Gasteiger partial charge in [0, 0.05) is 0 Å². The molecule has 0 bridgehead atoms. The van der Waals surface area contributed by atoms with Crippen LogP contribution in [-0.2, 0) is 0 Å². The van der Waals surface area contributed by atoms with Gasteiger partial charge in [0.15, 0.2) is 17.1 Å². The molecule has 0 aliphatic carbocycles. The fourth-order valence-electron chi connectivity index (χ4n) is 4.07. The standard InChI is InChI=1S/C27H20O5/c1-30-25-21-11-12-32-26(21)27(31-2)24(29)23(25)22(28)10-8-16-7-9-19-14-17-5-3-4-6-18(17)15-20(19)13-16/h3-15,29H,1-2H3/b10-8+. The van der Waals surface area contributed by atoms with Crippen LogP contribution in [0.1, 0.15) is 15.9 Å². The van der Waals surface area contributed by atoms with Crippen LogP contribution in [0.4, 0.5) is 0 Å². The van der Waals surface area contributed by atoms with Crippen molar-refractivity contribution in [2.75, 3.05) is 14.2 Å². The number of hydrogen-bond donors (Lipinski definition) is 1. The Kier molecular flexibility index (Phi) is 4.79. The molecule has 5 heteroatoms. The molecular formula is C27H20O5. The number of benzene rings is 4. The van der Waals surface area contributed by atoms with Crippen LogP contribution in [0.15, 0.2) is 77.4 Å². The second kappa shape index (κ2) is 7.78. The highest BCUT2D eigenvalue weighted by Crippen LogP contribution is 2.45. The van der Waals surface area contributed by atoms with Crippen LogP contribution in [0.5, 0.6) is 17.2 Å². The molecule has 0 aliphatic heterocycles. The zero-order valence-corrected chi connectivity index (χ0v) is 17.6. The van der Waals surface area contributed by atoms with Crippen LogP contribution in [0.25, 0.3) is 38.6 Å². The summed E-state index contributed by atoms with van der Waals surface area (Å²) in [6.45, 7) is 0. The van der Waals surface area contributed by atoms with E-state index in [9.17, 15) is 9.90 Å². The highest BCUT2D eigenvalue weighted by Gasteiger charge is 2.26.